The number of rotatable bonds is 2. The summed E-state index contributed by atoms with van der Waals surface area (Å²) in [6.07, 6.45) is 0.754. The van der Waals surface area contributed by atoms with Gasteiger partial charge in [-0.3, -0.25) is 0 Å². The molecule has 0 amide bonds. The smallest absolute Gasteiger partial charge is 0.133 e. The van der Waals surface area contributed by atoms with E-state index in [0.29, 0.717) is 0 Å². The predicted octanol–water partition coefficient (Wildman–Crippen LogP) is 1.26. The third-order valence-corrected chi connectivity index (χ3v) is 1.31. The van der Waals surface area contributed by atoms with E-state index in [1.807, 2.05) is 26.8 Å². The fourth-order valence-corrected chi connectivity index (χ4v) is 0.968. The highest BCUT2D eigenvalue weighted by molar-refractivity contribution is 5.06. The first-order valence-corrected chi connectivity index (χ1v) is 3.68. The van der Waals surface area contributed by atoms with Crippen LogP contribution in [0.4, 0.5) is 0 Å². The molecule has 0 bridgehead atoms. The third-order valence-electron chi connectivity index (χ3n) is 1.31. The van der Waals surface area contributed by atoms with Crippen LogP contribution in [0.15, 0.2) is 10.6 Å². The summed E-state index contributed by atoms with van der Waals surface area (Å²) in [7, 11) is 0. The number of nitrogens with zero attached hydrogens (tertiary/aromatic N) is 1. The molecule has 0 aliphatic rings. The van der Waals surface area contributed by atoms with Gasteiger partial charge >= 0.3 is 0 Å². The lowest BCUT2D eigenvalue weighted by Crippen LogP contribution is -2.34. The van der Waals surface area contributed by atoms with Crippen molar-refractivity contribution in [3.63, 3.8) is 0 Å². The Morgan fingerprint density at radius 1 is 1.64 bits per heavy atom. The number of aryl methyl sites for hydroxylation is 1. The summed E-state index contributed by atoms with van der Waals surface area (Å²) in [5.74, 6) is 0.837. The zero-order valence-electron chi connectivity index (χ0n) is 7.22. The Kier molecular flexibility index (Phi) is 2.00. The molecule has 11 heavy (non-hydrogen) atoms. The largest absolute Gasteiger partial charge is 0.361 e. The maximum atomic E-state index is 5.80. The summed E-state index contributed by atoms with van der Waals surface area (Å²) in [5.41, 5.74) is 6.52. The van der Waals surface area contributed by atoms with E-state index < -0.39 is 0 Å². The van der Waals surface area contributed by atoms with Crippen molar-refractivity contribution in [2.24, 2.45) is 5.73 Å². The topological polar surface area (TPSA) is 52.0 Å². The first kappa shape index (κ1) is 8.27. The third kappa shape index (κ3) is 2.72. The normalized spacial score (nSPS) is 12.0. The second-order valence-corrected chi connectivity index (χ2v) is 3.59. The minimum atomic E-state index is -0.205. The van der Waals surface area contributed by atoms with Crippen LogP contribution in [0.1, 0.15) is 25.3 Å². The van der Waals surface area contributed by atoms with Crippen molar-refractivity contribution >= 4 is 0 Å². The highest BCUT2D eigenvalue weighted by atomic mass is 16.5. The Balaban J connectivity index is 2.65. The molecule has 0 unspecified atom stereocenters. The quantitative estimate of drug-likeness (QED) is 0.697. The highest BCUT2D eigenvalue weighted by Gasteiger charge is 2.13. The maximum Gasteiger partial charge on any atom is 0.133 e. The summed E-state index contributed by atoms with van der Waals surface area (Å²) in [4.78, 5) is 0. The van der Waals surface area contributed by atoms with Crippen LogP contribution in [0.3, 0.4) is 0 Å². The Labute approximate surface area is 66.6 Å². The van der Waals surface area contributed by atoms with Crippen molar-refractivity contribution in [3.8, 4) is 0 Å². The Bertz CT molecular complexity index is 234. The van der Waals surface area contributed by atoms with Crippen molar-refractivity contribution < 1.29 is 4.52 Å². The van der Waals surface area contributed by atoms with Crippen LogP contribution in [0.5, 0.6) is 0 Å². The van der Waals surface area contributed by atoms with Crippen molar-refractivity contribution in [3.05, 3.63) is 17.5 Å². The number of hydrogen-bond acceptors (Lipinski definition) is 3. The molecule has 0 aromatic carbocycles. The van der Waals surface area contributed by atoms with Gasteiger partial charge in [-0.1, -0.05) is 5.16 Å². The average Bonchev–Trinajstić information content (AvgIpc) is 2.10. The van der Waals surface area contributed by atoms with Gasteiger partial charge in [0.25, 0.3) is 0 Å². The van der Waals surface area contributed by atoms with Crippen molar-refractivity contribution in [1.82, 2.24) is 5.16 Å². The minimum Gasteiger partial charge on any atom is -0.361 e. The molecule has 62 valence electrons. The molecule has 1 rings (SSSR count). The van der Waals surface area contributed by atoms with Gasteiger partial charge in [0.1, 0.15) is 5.76 Å². The van der Waals surface area contributed by atoms with E-state index in [1.165, 1.54) is 0 Å². The molecule has 0 saturated carbocycles. The Morgan fingerprint density at radius 3 is 2.64 bits per heavy atom. The predicted molar refractivity (Wildman–Crippen MR) is 43.2 cm³/mol. The fraction of sp³-hybridized carbons (Fsp3) is 0.625. The van der Waals surface area contributed by atoms with E-state index in [0.717, 1.165) is 17.9 Å². The molecular weight excluding hydrogens is 140 g/mol. The minimum absolute atomic E-state index is 0.205. The maximum absolute atomic E-state index is 5.80. The Hall–Kier alpha value is -0.830. The van der Waals surface area contributed by atoms with Crippen molar-refractivity contribution in [2.45, 2.75) is 32.7 Å². The Morgan fingerprint density at radius 2 is 2.27 bits per heavy atom. The molecule has 0 spiro atoms. The molecule has 3 nitrogen and oxygen atoms in total. The van der Waals surface area contributed by atoms with Crippen LogP contribution >= 0.6 is 0 Å². The van der Waals surface area contributed by atoms with Crippen LogP contribution < -0.4 is 5.73 Å². The van der Waals surface area contributed by atoms with Gasteiger partial charge in [0.2, 0.25) is 0 Å². The van der Waals surface area contributed by atoms with E-state index in [-0.39, 0.29) is 5.54 Å². The zero-order valence-corrected chi connectivity index (χ0v) is 7.22. The number of hydrogen-bond donors (Lipinski definition) is 1. The molecule has 0 aliphatic carbocycles. The molecule has 1 heterocycles. The monoisotopic (exact) mass is 154 g/mol. The molecular formula is C8H14N2O. The van der Waals surface area contributed by atoms with Crippen LogP contribution in [0.25, 0.3) is 0 Å². The van der Waals surface area contributed by atoms with Gasteiger partial charge in [0.15, 0.2) is 0 Å². The molecule has 0 saturated heterocycles. The first-order chi connectivity index (χ1) is 4.97. The van der Waals surface area contributed by atoms with E-state index in [4.69, 9.17) is 10.3 Å². The lowest BCUT2D eigenvalue weighted by molar-refractivity contribution is 0.382. The van der Waals surface area contributed by atoms with Crippen molar-refractivity contribution in [1.29, 1.82) is 0 Å². The van der Waals surface area contributed by atoms with E-state index in [9.17, 15) is 0 Å². The number of nitrogens with two attached hydrogens (primary N) is 1. The average molecular weight is 154 g/mol. The van der Waals surface area contributed by atoms with Crippen LogP contribution in [-0.4, -0.2) is 10.7 Å². The highest BCUT2D eigenvalue weighted by Crippen LogP contribution is 2.09. The van der Waals surface area contributed by atoms with Gasteiger partial charge in [-0.05, 0) is 20.8 Å². The van der Waals surface area contributed by atoms with Crippen molar-refractivity contribution in [2.75, 3.05) is 0 Å². The fourth-order valence-electron chi connectivity index (χ4n) is 0.968. The second kappa shape index (κ2) is 2.66. The van der Waals surface area contributed by atoms with Crippen LogP contribution in [-0.2, 0) is 6.42 Å². The summed E-state index contributed by atoms with van der Waals surface area (Å²) >= 11 is 0. The number of aromatic nitrogens is 1. The van der Waals surface area contributed by atoms with Gasteiger partial charge in [-0.15, -0.1) is 0 Å². The van der Waals surface area contributed by atoms with Gasteiger partial charge in [0, 0.05) is 18.0 Å². The van der Waals surface area contributed by atoms with Crippen LogP contribution in [0, 0.1) is 6.92 Å². The SMILES string of the molecule is Cc1cc(CC(C)(C)N)no1. The van der Waals surface area contributed by atoms with E-state index >= 15 is 0 Å². The van der Waals surface area contributed by atoms with Gasteiger partial charge in [-0.2, -0.15) is 0 Å². The standard InChI is InChI=1S/C8H14N2O/c1-6-4-7(10-11-6)5-8(2,3)9/h4H,5,9H2,1-3H3. The van der Waals surface area contributed by atoms with Gasteiger partial charge in [0.05, 0.1) is 5.69 Å². The summed E-state index contributed by atoms with van der Waals surface area (Å²) in [5, 5.41) is 3.85. The summed E-state index contributed by atoms with van der Waals surface area (Å²) < 4.78 is 4.90. The second-order valence-electron chi connectivity index (χ2n) is 3.59. The van der Waals surface area contributed by atoms with Gasteiger partial charge in [-0.25, -0.2) is 0 Å². The summed E-state index contributed by atoms with van der Waals surface area (Å²) in [6.45, 7) is 5.81. The molecule has 1 aromatic heterocycles. The zero-order chi connectivity index (χ0) is 8.48. The summed E-state index contributed by atoms with van der Waals surface area (Å²) in [6, 6.07) is 1.91. The molecule has 3 heteroatoms. The van der Waals surface area contributed by atoms with Crippen LogP contribution in [0.2, 0.25) is 0 Å². The van der Waals surface area contributed by atoms with E-state index in [2.05, 4.69) is 5.16 Å². The first-order valence-electron chi connectivity index (χ1n) is 3.68. The lowest BCUT2D eigenvalue weighted by atomic mass is 10.0. The molecule has 1 aromatic rings. The molecule has 0 atom stereocenters. The lowest BCUT2D eigenvalue weighted by Gasteiger charge is -2.15. The van der Waals surface area contributed by atoms with Gasteiger partial charge < -0.3 is 10.3 Å². The van der Waals surface area contributed by atoms with E-state index in [1.54, 1.807) is 0 Å². The molecule has 0 radical (unpaired) electrons. The molecule has 0 aliphatic heterocycles. The molecule has 0 fully saturated rings. The molecule has 2 N–H and O–H groups in total.